The summed E-state index contributed by atoms with van der Waals surface area (Å²) >= 11 is 11.8. The highest BCUT2D eigenvalue weighted by Gasteiger charge is 2.16. The lowest BCUT2D eigenvalue weighted by molar-refractivity contribution is 0.190. The molecular weight excluding hydrogens is 299 g/mol. The van der Waals surface area contributed by atoms with Crippen LogP contribution in [0.15, 0.2) is 36.4 Å². The van der Waals surface area contributed by atoms with Gasteiger partial charge < -0.3 is 14.6 Å². The van der Waals surface area contributed by atoms with Gasteiger partial charge in [-0.3, -0.25) is 0 Å². The molecule has 2 rings (SSSR count). The van der Waals surface area contributed by atoms with Gasteiger partial charge in [-0.25, -0.2) is 0 Å². The zero-order valence-corrected chi connectivity index (χ0v) is 12.6. The van der Waals surface area contributed by atoms with Crippen molar-refractivity contribution in [3.8, 4) is 17.2 Å². The fraction of sp³-hybridized carbons (Fsp3) is 0.200. The van der Waals surface area contributed by atoms with Crippen LogP contribution in [0.3, 0.4) is 0 Å². The number of aliphatic hydroxyl groups excluding tert-OH is 1. The molecule has 106 valence electrons. The number of rotatable bonds is 4. The van der Waals surface area contributed by atoms with Crippen LogP contribution in [0, 0.1) is 0 Å². The average Bonchev–Trinajstić information content (AvgIpc) is 2.42. The van der Waals surface area contributed by atoms with Crippen molar-refractivity contribution in [3.05, 3.63) is 52.0 Å². The fourth-order valence-electron chi connectivity index (χ4n) is 1.87. The molecule has 0 radical (unpaired) electrons. The number of hydrogen-bond donors (Lipinski definition) is 1. The molecule has 1 atom stereocenters. The van der Waals surface area contributed by atoms with E-state index in [1.807, 2.05) is 0 Å². The highest BCUT2D eigenvalue weighted by atomic mass is 35.5. The van der Waals surface area contributed by atoms with Gasteiger partial charge in [-0.1, -0.05) is 29.3 Å². The molecule has 2 aromatic carbocycles. The number of halogens is 2. The van der Waals surface area contributed by atoms with E-state index in [-0.39, 0.29) is 0 Å². The van der Waals surface area contributed by atoms with Crippen molar-refractivity contribution in [3.63, 3.8) is 0 Å². The third-order valence-electron chi connectivity index (χ3n) is 2.78. The summed E-state index contributed by atoms with van der Waals surface area (Å²) < 4.78 is 11.0. The van der Waals surface area contributed by atoms with E-state index in [0.29, 0.717) is 32.9 Å². The van der Waals surface area contributed by atoms with Crippen LogP contribution in [0.4, 0.5) is 0 Å². The first kappa shape index (κ1) is 15.0. The van der Waals surface area contributed by atoms with Gasteiger partial charge in [0.25, 0.3) is 0 Å². The van der Waals surface area contributed by atoms with Crippen LogP contribution in [-0.2, 0) is 0 Å². The molecule has 1 N–H and O–H groups in total. The molecular formula is C15H14Cl2O3. The molecule has 0 heterocycles. The number of ether oxygens (including phenoxy) is 2. The second-order valence-corrected chi connectivity index (χ2v) is 5.04. The second kappa shape index (κ2) is 6.35. The number of aliphatic hydroxyl groups is 1. The van der Waals surface area contributed by atoms with Crippen LogP contribution in [0.2, 0.25) is 10.0 Å². The summed E-state index contributed by atoms with van der Waals surface area (Å²) in [4.78, 5) is 0. The zero-order chi connectivity index (χ0) is 14.7. The predicted molar refractivity (Wildman–Crippen MR) is 80.2 cm³/mol. The molecule has 0 bridgehead atoms. The Morgan fingerprint density at radius 3 is 2.35 bits per heavy atom. The Bertz CT molecular complexity index is 612. The minimum absolute atomic E-state index is 0.408. The van der Waals surface area contributed by atoms with Crippen LogP contribution in [0.5, 0.6) is 17.2 Å². The van der Waals surface area contributed by atoms with Crippen LogP contribution < -0.4 is 9.47 Å². The van der Waals surface area contributed by atoms with Gasteiger partial charge in [0.1, 0.15) is 17.2 Å². The van der Waals surface area contributed by atoms with E-state index in [9.17, 15) is 5.11 Å². The maximum atomic E-state index is 9.89. The molecule has 20 heavy (non-hydrogen) atoms. The third kappa shape index (κ3) is 3.18. The van der Waals surface area contributed by atoms with Gasteiger partial charge in [0, 0.05) is 6.07 Å². The molecule has 0 spiro atoms. The Kier molecular flexibility index (Phi) is 4.76. The molecule has 0 amide bonds. The number of methoxy groups -OCH3 is 1. The van der Waals surface area contributed by atoms with Crippen molar-refractivity contribution in [1.29, 1.82) is 0 Å². The lowest BCUT2D eigenvalue weighted by Gasteiger charge is -2.16. The molecule has 0 saturated carbocycles. The van der Waals surface area contributed by atoms with Gasteiger partial charge in [0.15, 0.2) is 0 Å². The quantitative estimate of drug-likeness (QED) is 0.877. The first-order chi connectivity index (χ1) is 9.52. The molecule has 5 heteroatoms. The van der Waals surface area contributed by atoms with Crippen molar-refractivity contribution >= 4 is 23.2 Å². The predicted octanol–water partition coefficient (Wildman–Crippen LogP) is 4.85. The Hall–Kier alpha value is -1.42. The van der Waals surface area contributed by atoms with Crippen LogP contribution >= 0.6 is 23.2 Å². The fourth-order valence-corrected chi connectivity index (χ4v) is 2.16. The first-order valence-corrected chi connectivity index (χ1v) is 6.76. The van der Waals surface area contributed by atoms with Crippen molar-refractivity contribution in [1.82, 2.24) is 0 Å². The molecule has 0 aliphatic heterocycles. The maximum absolute atomic E-state index is 9.89. The normalized spacial score (nSPS) is 12.1. The molecule has 0 fully saturated rings. The number of benzene rings is 2. The summed E-state index contributed by atoms with van der Waals surface area (Å²) in [5, 5.41) is 10.8. The van der Waals surface area contributed by atoms with E-state index in [1.54, 1.807) is 50.4 Å². The largest absolute Gasteiger partial charge is 0.496 e. The molecule has 0 aromatic heterocycles. The summed E-state index contributed by atoms with van der Waals surface area (Å²) in [6.07, 6.45) is -0.719. The first-order valence-electron chi connectivity index (χ1n) is 6.00. The number of hydrogen-bond acceptors (Lipinski definition) is 3. The van der Waals surface area contributed by atoms with E-state index in [0.717, 1.165) is 0 Å². The summed E-state index contributed by atoms with van der Waals surface area (Å²) in [6, 6.07) is 10.3. The Balaban J connectivity index is 2.40. The van der Waals surface area contributed by atoms with Crippen LogP contribution in [0.1, 0.15) is 18.6 Å². The lowest BCUT2D eigenvalue weighted by Crippen LogP contribution is -2.00. The third-order valence-corrected chi connectivity index (χ3v) is 3.52. The summed E-state index contributed by atoms with van der Waals surface area (Å²) in [6.45, 7) is 1.65. The van der Waals surface area contributed by atoms with Crippen LogP contribution in [-0.4, -0.2) is 12.2 Å². The second-order valence-electron chi connectivity index (χ2n) is 4.23. The van der Waals surface area contributed by atoms with Gasteiger partial charge in [0.05, 0.1) is 28.8 Å². The Morgan fingerprint density at radius 1 is 1.05 bits per heavy atom. The van der Waals surface area contributed by atoms with Gasteiger partial charge in [-0.15, -0.1) is 0 Å². The highest BCUT2D eigenvalue weighted by molar-refractivity contribution is 6.42. The van der Waals surface area contributed by atoms with Crippen molar-refractivity contribution < 1.29 is 14.6 Å². The zero-order valence-electron chi connectivity index (χ0n) is 11.1. The maximum Gasteiger partial charge on any atom is 0.136 e. The minimum Gasteiger partial charge on any atom is -0.496 e. The van der Waals surface area contributed by atoms with Crippen LogP contribution in [0.25, 0.3) is 0 Å². The summed E-state index contributed by atoms with van der Waals surface area (Å²) in [7, 11) is 1.55. The van der Waals surface area contributed by atoms with E-state index in [1.165, 1.54) is 0 Å². The van der Waals surface area contributed by atoms with E-state index < -0.39 is 6.10 Å². The van der Waals surface area contributed by atoms with Crippen molar-refractivity contribution in [2.24, 2.45) is 0 Å². The molecule has 0 aliphatic rings. The van der Waals surface area contributed by atoms with Crippen molar-refractivity contribution in [2.75, 3.05) is 7.11 Å². The van der Waals surface area contributed by atoms with E-state index in [2.05, 4.69) is 0 Å². The SMILES string of the molecule is COc1cccc(Oc2ccc(Cl)c(Cl)c2)c1C(C)O. The smallest absolute Gasteiger partial charge is 0.136 e. The molecule has 0 saturated heterocycles. The highest BCUT2D eigenvalue weighted by Crippen LogP contribution is 2.37. The van der Waals surface area contributed by atoms with E-state index in [4.69, 9.17) is 32.7 Å². The summed E-state index contributed by atoms with van der Waals surface area (Å²) in [5.74, 6) is 1.62. The topological polar surface area (TPSA) is 38.7 Å². The molecule has 1 unspecified atom stereocenters. The van der Waals surface area contributed by atoms with Gasteiger partial charge in [0.2, 0.25) is 0 Å². The van der Waals surface area contributed by atoms with Gasteiger partial charge in [-0.2, -0.15) is 0 Å². The van der Waals surface area contributed by atoms with Gasteiger partial charge >= 0.3 is 0 Å². The standard InChI is InChI=1S/C15H14Cl2O3/c1-9(18)15-13(19-2)4-3-5-14(15)20-10-6-7-11(16)12(17)8-10/h3-9,18H,1-2H3. The monoisotopic (exact) mass is 312 g/mol. The van der Waals surface area contributed by atoms with E-state index >= 15 is 0 Å². The molecule has 0 aliphatic carbocycles. The molecule has 3 nitrogen and oxygen atoms in total. The van der Waals surface area contributed by atoms with Gasteiger partial charge in [-0.05, 0) is 31.2 Å². The molecule has 2 aromatic rings. The lowest BCUT2D eigenvalue weighted by atomic mass is 10.1. The Labute approximate surface area is 127 Å². The summed E-state index contributed by atoms with van der Waals surface area (Å²) in [5.41, 5.74) is 0.584. The average molecular weight is 313 g/mol. The minimum atomic E-state index is -0.719. The Morgan fingerprint density at radius 2 is 1.75 bits per heavy atom. The van der Waals surface area contributed by atoms with Crippen molar-refractivity contribution in [2.45, 2.75) is 13.0 Å².